The molecule has 0 saturated heterocycles. The fraction of sp³-hybridized carbons (Fsp3) is 0.619. The van der Waals surface area contributed by atoms with Crippen LogP contribution < -0.4 is 10.6 Å². The van der Waals surface area contributed by atoms with Crippen molar-refractivity contribution in [2.24, 2.45) is 4.99 Å². The van der Waals surface area contributed by atoms with Gasteiger partial charge in [0.2, 0.25) is 0 Å². The molecule has 0 unspecified atom stereocenters. The van der Waals surface area contributed by atoms with Gasteiger partial charge >= 0.3 is 0 Å². The third-order valence-electron chi connectivity index (χ3n) is 4.05. The van der Waals surface area contributed by atoms with E-state index in [2.05, 4.69) is 52.7 Å². The SMILES string of the molecule is CCCCOCCOCCNC(=NCCCc1nc2ccccc2s1)NCC. The minimum Gasteiger partial charge on any atom is -0.379 e. The highest BCUT2D eigenvalue weighted by atomic mass is 32.1. The Bertz CT molecular complexity index is 657. The first-order valence-corrected chi connectivity index (χ1v) is 11.2. The van der Waals surface area contributed by atoms with E-state index < -0.39 is 0 Å². The lowest BCUT2D eigenvalue weighted by Crippen LogP contribution is -2.39. The van der Waals surface area contributed by atoms with E-state index in [1.807, 2.05) is 6.07 Å². The number of ether oxygens (including phenoxy) is 2. The Kier molecular flexibility index (Phi) is 11.6. The Labute approximate surface area is 172 Å². The number of unbranched alkanes of at least 4 members (excludes halogenated alkanes) is 1. The molecule has 0 aliphatic rings. The minimum absolute atomic E-state index is 0.640. The van der Waals surface area contributed by atoms with Crippen LogP contribution in [0.1, 0.15) is 38.1 Å². The molecule has 0 bridgehead atoms. The zero-order chi connectivity index (χ0) is 19.9. The summed E-state index contributed by atoms with van der Waals surface area (Å²) in [7, 11) is 0. The van der Waals surface area contributed by atoms with E-state index in [-0.39, 0.29) is 0 Å². The molecule has 28 heavy (non-hydrogen) atoms. The summed E-state index contributed by atoms with van der Waals surface area (Å²) >= 11 is 1.78. The van der Waals surface area contributed by atoms with Gasteiger partial charge in [0.1, 0.15) is 0 Å². The van der Waals surface area contributed by atoms with Crippen LogP contribution in [0.2, 0.25) is 0 Å². The number of nitrogens with one attached hydrogen (secondary N) is 2. The van der Waals surface area contributed by atoms with Gasteiger partial charge in [0.15, 0.2) is 5.96 Å². The molecule has 1 heterocycles. The van der Waals surface area contributed by atoms with Crippen LogP contribution in [0.3, 0.4) is 0 Å². The van der Waals surface area contributed by atoms with Crippen molar-refractivity contribution in [3.05, 3.63) is 29.3 Å². The van der Waals surface area contributed by atoms with E-state index in [1.54, 1.807) is 11.3 Å². The molecule has 0 aliphatic heterocycles. The van der Waals surface area contributed by atoms with Crippen molar-refractivity contribution >= 4 is 27.5 Å². The number of thiazole rings is 1. The van der Waals surface area contributed by atoms with Gasteiger partial charge in [-0.1, -0.05) is 25.5 Å². The Morgan fingerprint density at radius 2 is 1.86 bits per heavy atom. The lowest BCUT2D eigenvalue weighted by Gasteiger charge is -2.11. The van der Waals surface area contributed by atoms with Crippen LogP contribution in [-0.2, 0) is 15.9 Å². The Balaban J connectivity index is 1.59. The zero-order valence-electron chi connectivity index (χ0n) is 17.2. The maximum atomic E-state index is 5.58. The Hall–Kier alpha value is -1.70. The average molecular weight is 407 g/mol. The number of hydrogen-bond acceptors (Lipinski definition) is 5. The van der Waals surface area contributed by atoms with Gasteiger partial charge in [-0.3, -0.25) is 4.99 Å². The summed E-state index contributed by atoms with van der Waals surface area (Å²) < 4.78 is 12.3. The van der Waals surface area contributed by atoms with Gasteiger partial charge in [0.05, 0.1) is 35.0 Å². The molecule has 0 fully saturated rings. The van der Waals surface area contributed by atoms with Gasteiger partial charge in [-0.15, -0.1) is 11.3 Å². The van der Waals surface area contributed by atoms with Crippen molar-refractivity contribution in [1.29, 1.82) is 0 Å². The number of aliphatic imine (C=N–C) groups is 1. The summed E-state index contributed by atoms with van der Waals surface area (Å²) in [5, 5.41) is 7.77. The van der Waals surface area contributed by atoms with Crippen LogP contribution in [-0.4, -0.2) is 57.0 Å². The standard InChI is InChI=1S/C21H34N4O2S/c1-3-5-14-26-16-17-27-15-13-24-21(22-4-2)23-12-8-11-20-25-18-9-6-7-10-19(18)28-20/h6-7,9-10H,3-5,8,11-17H2,1-2H3,(H2,22,23,24). The average Bonchev–Trinajstić information content (AvgIpc) is 3.12. The number of fused-ring (bicyclic) bond motifs is 1. The lowest BCUT2D eigenvalue weighted by atomic mass is 10.3. The van der Waals surface area contributed by atoms with E-state index >= 15 is 0 Å². The molecule has 0 spiro atoms. The second-order valence-corrected chi connectivity index (χ2v) is 7.56. The third kappa shape index (κ3) is 8.99. The number of hydrogen-bond donors (Lipinski definition) is 2. The number of guanidine groups is 1. The zero-order valence-corrected chi connectivity index (χ0v) is 18.0. The van der Waals surface area contributed by atoms with E-state index in [0.717, 1.165) is 63.4 Å². The quantitative estimate of drug-likeness (QED) is 0.285. The maximum Gasteiger partial charge on any atom is 0.191 e. The smallest absolute Gasteiger partial charge is 0.191 e. The molecule has 2 N–H and O–H groups in total. The number of aryl methyl sites for hydroxylation is 1. The normalized spacial score (nSPS) is 11.9. The summed E-state index contributed by atoms with van der Waals surface area (Å²) in [5.74, 6) is 0.842. The van der Waals surface area contributed by atoms with Crippen molar-refractivity contribution < 1.29 is 9.47 Å². The fourth-order valence-corrected chi connectivity index (χ4v) is 3.61. The molecule has 1 aromatic heterocycles. The van der Waals surface area contributed by atoms with Gasteiger partial charge in [-0.05, 0) is 31.9 Å². The molecule has 7 heteroatoms. The second kappa shape index (κ2) is 14.3. The van der Waals surface area contributed by atoms with E-state index in [0.29, 0.717) is 19.8 Å². The van der Waals surface area contributed by atoms with Crippen LogP contribution in [0.5, 0.6) is 0 Å². The number of nitrogens with zero attached hydrogens (tertiary/aromatic N) is 2. The molecule has 156 valence electrons. The summed E-state index contributed by atoms with van der Waals surface area (Å²) in [6, 6.07) is 8.29. The van der Waals surface area contributed by atoms with Gasteiger partial charge < -0.3 is 20.1 Å². The van der Waals surface area contributed by atoms with E-state index in [9.17, 15) is 0 Å². The highest BCUT2D eigenvalue weighted by Crippen LogP contribution is 2.22. The summed E-state index contributed by atoms with van der Waals surface area (Å²) in [5.41, 5.74) is 1.09. The minimum atomic E-state index is 0.640. The summed E-state index contributed by atoms with van der Waals surface area (Å²) in [4.78, 5) is 9.32. The maximum absolute atomic E-state index is 5.58. The van der Waals surface area contributed by atoms with E-state index in [1.165, 1.54) is 9.71 Å². The monoisotopic (exact) mass is 406 g/mol. The molecule has 2 rings (SSSR count). The van der Waals surface area contributed by atoms with Crippen LogP contribution in [0.4, 0.5) is 0 Å². The van der Waals surface area contributed by atoms with E-state index in [4.69, 9.17) is 9.47 Å². The molecular formula is C21H34N4O2S. The van der Waals surface area contributed by atoms with Crippen LogP contribution in [0.15, 0.2) is 29.3 Å². The predicted molar refractivity (Wildman–Crippen MR) is 118 cm³/mol. The molecule has 2 aromatic rings. The number of rotatable bonds is 14. The number of para-hydroxylation sites is 1. The van der Waals surface area contributed by atoms with Gasteiger partial charge in [-0.25, -0.2) is 4.98 Å². The molecule has 0 saturated carbocycles. The first kappa shape index (κ1) is 22.6. The van der Waals surface area contributed by atoms with Crippen LogP contribution in [0.25, 0.3) is 10.2 Å². The number of aromatic nitrogens is 1. The predicted octanol–water partition coefficient (Wildman–Crippen LogP) is 3.62. The number of benzene rings is 1. The highest BCUT2D eigenvalue weighted by Gasteiger charge is 2.03. The summed E-state index contributed by atoms with van der Waals surface area (Å²) in [6.45, 7) is 9.37. The first-order chi connectivity index (χ1) is 13.8. The summed E-state index contributed by atoms with van der Waals surface area (Å²) in [6.07, 6.45) is 4.23. The first-order valence-electron chi connectivity index (χ1n) is 10.4. The Morgan fingerprint density at radius 3 is 2.64 bits per heavy atom. The molecule has 6 nitrogen and oxygen atoms in total. The lowest BCUT2D eigenvalue weighted by molar-refractivity contribution is 0.0487. The van der Waals surface area contributed by atoms with Crippen molar-refractivity contribution in [3.63, 3.8) is 0 Å². The molecule has 0 atom stereocenters. The van der Waals surface area contributed by atoms with Crippen molar-refractivity contribution in [3.8, 4) is 0 Å². The fourth-order valence-electron chi connectivity index (χ4n) is 2.60. The largest absolute Gasteiger partial charge is 0.379 e. The molecule has 1 aromatic carbocycles. The van der Waals surface area contributed by atoms with Crippen molar-refractivity contribution in [1.82, 2.24) is 15.6 Å². The van der Waals surface area contributed by atoms with Gasteiger partial charge in [-0.2, -0.15) is 0 Å². The van der Waals surface area contributed by atoms with Gasteiger partial charge in [0.25, 0.3) is 0 Å². The molecule has 0 radical (unpaired) electrons. The molecule has 0 amide bonds. The highest BCUT2D eigenvalue weighted by molar-refractivity contribution is 7.18. The van der Waals surface area contributed by atoms with Crippen LogP contribution >= 0.6 is 11.3 Å². The van der Waals surface area contributed by atoms with Gasteiger partial charge in [0, 0.05) is 32.7 Å². The molecular weight excluding hydrogens is 372 g/mol. The van der Waals surface area contributed by atoms with Crippen molar-refractivity contribution in [2.45, 2.75) is 39.5 Å². The van der Waals surface area contributed by atoms with Crippen molar-refractivity contribution in [2.75, 3.05) is 46.1 Å². The third-order valence-corrected chi connectivity index (χ3v) is 5.15. The molecule has 0 aliphatic carbocycles. The second-order valence-electron chi connectivity index (χ2n) is 6.44. The topological polar surface area (TPSA) is 67.8 Å². The Morgan fingerprint density at radius 1 is 1.04 bits per heavy atom. The van der Waals surface area contributed by atoms with Crippen LogP contribution in [0, 0.1) is 0 Å².